The standard InChI is InChI=1S/C16H18O5/c1-16(2)14(19-6-5-17)8-11-7-10-3-4-15(18)20-12(10)9-13(11)21-16/h3-4,7,9,14,17H,5-6,8H2,1-2H3/t14-/m0/s1. The van der Waals surface area contributed by atoms with Crippen molar-refractivity contribution in [1.29, 1.82) is 0 Å². The summed E-state index contributed by atoms with van der Waals surface area (Å²) in [7, 11) is 0. The Balaban J connectivity index is 2.01. The summed E-state index contributed by atoms with van der Waals surface area (Å²) in [5, 5.41) is 9.78. The maximum Gasteiger partial charge on any atom is 0.336 e. The molecular weight excluding hydrogens is 272 g/mol. The second kappa shape index (κ2) is 5.16. The summed E-state index contributed by atoms with van der Waals surface area (Å²) < 4.78 is 16.9. The van der Waals surface area contributed by atoms with Crippen molar-refractivity contribution in [3.63, 3.8) is 0 Å². The lowest BCUT2D eigenvalue weighted by atomic mass is 9.90. The Morgan fingerprint density at radius 2 is 2.19 bits per heavy atom. The summed E-state index contributed by atoms with van der Waals surface area (Å²) in [5.41, 5.74) is 0.650. The second-order valence-corrected chi connectivity index (χ2v) is 5.74. The minimum Gasteiger partial charge on any atom is -0.485 e. The van der Waals surface area contributed by atoms with E-state index in [1.165, 1.54) is 6.07 Å². The number of benzene rings is 1. The van der Waals surface area contributed by atoms with Crippen molar-refractivity contribution < 1.29 is 19.0 Å². The fraction of sp³-hybridized carbons (Fsp3) is 0.438. The first-order chi connectivity index (χ1) is 9.99. The Bertz CT molecular complexity index is 716. The molecule has 0 bridgehead atoms. The Morgan fingerprint density at radius 1 is 1.38 bits per heavy atom. The molecule has 0 amide bonds. The van der Waals surface area contributed by atoms with Crippen LogP contribution < -0.4 is 10.4 Å². The minimum atomic E-state index is -0.509. The topological polar surface area (TPSA) is 68.9 Å². The highest BCUT2D eigenvalue weighted by atomic mass is 16.6. The van der Waals surface area contributed by atoms with Gasteiger partial charge in [-0.25, -0.2) is 4.79 Å². The zero-order valence-corrected chi connectivity index (χ0v) is 12.1. The molecule has 0 spiro atoms. The van der Waals surface area contributed by atoms with Crippen LogP contribution >= 0.6 is 0 Å². The third-order valence-corrected chi connectivity index (χ3v) is 3.77. The van der Waals surface area contributed by atoms with Crippen molar-refractivity contribution >= 4 is 11.0 Å². The van der Waals surface area contributed by atoms with E-state index in [1.807, 2.05) is 19.9 Å². The van der Waals surface area contributed by atoms with E-state index in [-0.39, 0.29) is 24.9 Å². The lowest BCUT2D eigenvalue weighted by Crippen LogP contribution is -2.48. The van der Waals surface area contributed by atoms with Crippen LogP contribution in [0.15, 0.2) is 33.5 Å². The van der Waals surface area contributed by atoms with Crippen molar-refractivity contribution in [2.24, 2.45) is 0 Å². The molecule has 0 unspecified atom stereocenters. The lowest BCUT2D eigenvalue weighted by molar-refractivity contribution is -0.0899. The van der Waals surface area contributed by atoms with E-state index in [0.717, 1.165) is 10.9 Å². The summed E-state index contributed by atoms with van der Waals surface area (Å²) >= 11 is 0. The van der Waals surface area contributed by atoms with Gasteiger partial charge in [-0.15, -0.1) is 0 Å². The van der Waals surface area contributed by atoms with Crippen molar-refractivity contribution in [2.75, 3.05) is 13.2 Å². The highest BCUT2D eigenvalue weighted by Gasteiger charge is 2.38. The molecule has 0 aliphatic carbocycles. The molecule has 5 heteroatoms. The van der Waals surface area contributed by atoms with Gasteiger partial charge in [-0.1, -0.05) is 0 Å². The van der Waals surface area contributed by atoms with Gasteiger partial charge in [0.1, 0.15) is 23.0 Å². The Kier molecular flexibility index (Phi) is 3.47. The molecule has 2 aromatic rings. The van der Waals surface area contributed by atoms with E-state index < -0.39 is 5.60 Å². The van der Waals surface area contributed by atoms with Crippen LogP contribution in [0.25, 0.3) is 11.0 Å². The minimum absolute atomic E-state index is 0.0116. The first-order valence-corrected chi connectivity index (χ1v) is 6.98. The van der Waals surface area contributed by atoms with E-state index in [1.54, 1.807) is 12.1 Å². The van der Waals surface area contributed by atoms with E-state index >= 15 is 0 Å². The number of rotatable bonds is 3. The van der Waals surface area contributed by atoms with Crippen LogP contribution in [0, 0.1) is 0 Å². The molecule has 21 heavy (non-hydrogen) atoms. The zero-order valence-electron chi connectivity index (χ0n) is 12.1. The van der Waals surface area contributed by atoms with Crippen LogP contribution in [0.1, 0.15) is 19.4 Å². The molecule has 1 aliphatic rings. The molecule has 1 N–H and O–H groups in total. The van der Waals surface area contributed by atoms with Gasteiger partial charge in [0.25, 0.3) is 0 Å². The molecule has 1 aromatic carbocycles. The molecule has 0 saturated heterocycles. The number of fused-ring (bicyclic) bond motifs is 2. The second-order valence-electron chi connectivity index (χ2n) is 5.74. The maximum atomic E-state index is 11.3. The number of aliphatic hydroxyl groups is 1. The van der Waals surface area contributed by atoms with E-state index in [2.05, 4.69) is 0 Å². The molecule has 3 rings (SSSR count). The van der Waals surface area contributed by atoms with Crippen LogP contribution in [0.2, 0.25) is 0 Å². The van der Waals surface area contributed by atoms with Crippen LogP contribution in [0.3, 0.4) is 0 Å². The first kappa shape index (κ1) is 14.1. The summed E-state index contributed by atoms with van der Waals surface area (Å²) in [5.74, 6) is 0.714. The molecule has 1 atom stereocenters. The van der Waals surface area contributed by atoms with Crippen LogP contribution in [-0.4, -0.2) is 30.0 Å². The van der Waals surface area contributed by atoms with Gasteiger partial charge < -0.3 is 19.0 Å². The van der Waals surface area contributed by atoms with Gasteiger partial charge in [-0.2, -0.15) is 0 Å². The largest absolute Gasteiger partial charge is 0.485 e. The maximum absolute atomic E-state index is 11.3. The van der Waals surface area contributed by atoms with Crippen LogP contribution in [0.5, 0.6) is 5.75 Å². The van der Waals surface area contributed by atoms with Gasteiger partial charge in [-0.05, 0) is 31.5 Å². The molecular formula is C16H18O5. The normalized spacial score (nSPS) is 20.0. The highest BCUT2D eigenvalue weighted by molar-refractivity contribution is 5.79. The predicted octanol–water partition coefficient (Wildman–Crippen LogP) is 1.88. The number of hydrogen-bond acceptors (Lipinski definition) is 5. The molecule has 5 nitrogen and oxygen atoms in total. The van der Waals surface area contributed by atoms with Crippen LogP contribution in [0.4, 0.5) is 0 Å². The quantitative estimate of drug-likeness (QED) is 0.874. The van der Waals surface area contributed by atoms with Crippen molar-refractivity contribution in [3.05, 3.63) is 40.2 Å². The number of hydrogen-bond donors (Lipinski definition) is 1. The molecule has 1 aliphatic heterocycles. The van der Waals surface area contributed by atoms with Crippen molar-refractivity contribution in [3.8, 4) is 5.75 Å². The lowest BCUT2D eigenvalue weighted by Gasteiger charge is -2.39. The SMILES string of the molecule is CC1(C)Oc2cc3oc(=O)ccc3cc2C[C@@H]1OCCO. The van der Waals surface area contributed by atoms with Crippen molar-refractivity contribution in [1.82, 2.24) is 0 Å². The Hall–Kier alpha value is -1.85. The highest BCUT2D eigenvalue weighted by Crippen LogP contribution is 2.37. The molecule has 112 valence electrons. The smallest absolute Gasteiger partial charge is 0.336 e. The summed E-state index contributed by atoms with van der Waals surface area (Å²) in [4.78, 5) is 11.3. The summed E-state index contributed by atoms with van der Waals surface area (Å²) in [6.07, 6.45) is 0.558. The van der Waals surface area contributed by atoms with Gasteiger partial charge in [0.05, 0.1) is 13.2 Å². The van der Waals surface area contributed by atoms with Gasteiger partial charge in [0.15, 0.2) is 0 Å². The van der Waals surface area contributed by atoms with Gasteiger partial charge in [0.2, 0.25) is 0 Å². The third-order valence-electron chi connectivity index (χ3n) is 3.77. The summed E-state index contributed by atoms with van der Waals surface area (Å²) in [6, 6.07) is 6.86. The van der Waals surface area contributed by atoms with Crippen LogP contribution in [-0.2, 0) is 11.2 Å². The molecule has 0 fully saturated rings. The number of aliphatic hydroxyl groups excluding tert-OH is 1. The predicted molar refractivity (Wildman–Crippen MR) is 77.7 cm³/mol. The van der Waals surface area contributed by atoms with Gasteiger partial charge in [0, 0.05) is 23.9 Å². The van der Waals surface area contributed by atoms with E-state index in [9.17, 15) is 4.79 Å². The average molecular weight is 290 g/mol. The molecule has 0 radical (unpaired) electrons. The Labute approximate surface area is 122 Å². The Morgan fingerprint density at radius 3 is 2.95 bits per heavy atom. The summed E-state index contributed by atoms with van der Waals surface area (Å²) in [6.45, 7) is 4.17. The first-order valence-electron chi connectivity index (χ1n) is 6.98. The monoisotopic (exact) mass is 290 g/mol. The average Bonchev–Trinajstić information content (AvgIpc) is 2.42. The molecule has 1 aromatic heterocycles. The molecule has 2 heterocycles. The zero-order chi connectivity index (χ0) is 15.0. The third kappa shape index (κ3) is 2.66. The van der Waals surface area contributed by atoms with Crippen molar-refractivity contribution in [2.45, 2.75) is 32.0 Å². The van der Waals surface area contributed by atoms with E-state index in [0.29, 0.717) is 17.8 Å². The fourth-order valence-corrected chi connectivity index (χ4v) is 2.65. The van der Waals surface area contributed by atoms with Gasteiger partial charge in [-0.3, -0.25) is 0 Å². The molecule has 0 saturated carbocycles. The number of ether oxygens (including phenoxy) is 2. The van der Waals surface area contributed by atoms with Gasteiger partial charge >= 0.3 is 5.63 Å². The fourth-order valence-electron chi connectivity index (χ4n) is 2.65. The van der Waals surface area contributed by atoms with E-state index in [4.69, 9.17) is 19.0 Å².